The van der Waals surface area contributed by atoms with Gasteiger partial charge in [0.05, 0.1) is 0 Å². The Morgan fingerprint density at radius 2 is 2.57 bits per heavy atom. The lowest BCUT2D eigenvalue weighted by atomic mass is 10.4. The fraction of sp³-hybridized carbons (Fsp3) is 0.200. The van der Waals surface area contributed by atoms with Gasteiger partial charge in [0.15, 0.2) is 0 Å². The van der Waals surface area contributed by atoms with Crippen molar-refractivity contribution in [2.75, 3.05) is 0 Å². The van der Waals surface area contributed by atoms with Gasteiger partial charge in [-0.2, -0.15) is 11.3 Å². The molecule has 0 aliphatic carbocycles. The van der Waals surface area contributed by atoms with Gasteiger partial charge in [0.1, 0.15) is 0 Å². The predicted octanol–water partition coefficient (Wildman–Crippen LogP) is 2.45. The predicted molar refractivity (Wildman–Crippen MR) is 35.6 cm³/mol. The van der Waals surface area contributed by atoms with Crippen molar-refractivity contribution < 1.29 is 0 Å². The van der Waals surface area contributed by atoms with Crippen molar-refractivity contribution >= 4 is 24.0 Å². The molecule has 37 valence electrons. The molecule has 0 fully saturated rings. The Morgan fingerprint density at radius 1 is 1.71 bits per heavy atom. The zero-order valence-corrected chi connectivity index (χ0v) is 5.39. The van der Waals surface area contributed by atoms with Crippen LogP contribution in [0.2, 0.25) is 0 Å². The molecule has 0 aliphatic rings. The van der Waals surface area contributed by atoms with E-state index in [-0.39, 0.29) is 0 Å². The first kappa shape index (κ1) is 5.19. The van der Waals surface area contributed by atoms with E-state index >= 15 is 0 Å². The summed E-state index contributed by atoms with van der Waals surface area (Å²) in [6.07, 6.45) is 0. The zero-order chi connectivity index (χ0) is 5.11. The quantitative estimate of drug-likeness (QED) is 0.546. The molecule has 0 nitrogen and oxygen atoms in total. The third-order valence-corrected chi connectivity index (χ3v) is 1.81. The lowest BCUT2D eigenvalue weighted by Crippen LogP contribution is -1.62. The zero-order valence-electron chi connectivity index (χ0n) is 3.76. The molecule has 0 saturated heterocycles. The fourth-order valence-corrected chi connectivity index (χ4v) is 1.33. The van der Waals surface area contributed by atoms with Crippen molar-refractivity contribution in [3.63, 3.8) is 0 Å². The van der Waals surface area contributed by atoms with Crippen LogP contribution in [0.25, 0.3) is 0 Å². The van der Waals surface area contributed by atoms with Gasteiger partial charge >= 0.3 is 0 Å². The summed E-state index contributed by atoms with van der Waals surface area (Å²) >= 11 is 6.48. The van der Waals surface area contributed by atoms with Gasteiger partial charge in [-0.1, -0.05) is 12.6 Å². The van der Waals surface area contributed by atoms with Crippen LogP contribution in [-0.4, -0.2) is 0 Å². The van der Waals surface area contributed by atoms with Crippen LogP contribution in [0.1, 0.15) is 5.56 Å². The highest BCUT2D eigenvalue weighted by molar-refractivity contribution is 7.79. The summed E-state index contributed by atoms with van der Waals surface area (Å²) in [5, 5.41) is 4.12. The van der Waals surface area contributed by atoms with E-state index in [1.54, 1.807) is 11.3 Å². The van der Waals surface area contributed by atoms with Gasteiger partial charge in [0.25, 0.3) is 0 Å². The van der Waals surface area contributed by atoms with Crippen LogP contribution in [0.4, 0.5) is 0 Å². The Morgan fingerprint density at radius 3 is 2.86 bits per heavy atom. The summed E-state index contributed by atoms with van der Waals surface area (Å²) in [5.41, 5.74) is 1.26. The highest BCUT2D eigenvalue weighted by Gasteiger charge is 1.83. The summed E-state index contributed by atoms with van der Waals surface area (Å²) in [6.45, 7) is 0. The van der Waals surface area contributed by atoms with Crippen molar-refractivity contribution in [1.82, 2.24) is 0 Å². The van der Waals surface area contributed by atoms with Crippen molar-refractivity contribution in [1.29, 1.82) is 0 Å². The molecule has 1 aromatic rings. The highest BCUT2D eigenvalue weighted by atomic mass is 32.1. The molecule has 0 bridgehead atoms. The Balaban J connectivity index is 2.76. The monoisotopic (exact) mass is 129 g/mol. The molecule has 1 aromatic heterocycles. The molecular weight excluding hydrogens is 124 g/mol. The minimum Gasteiger partial charge on any atom is -0.152 e. The molecule has 1 heterocycles. The van der Waals surface area contributed by atoms with Crippen LogP contribution in [0.15, 0.2) is 16.8 Å². The van der Waals surface area contributed by atoms with Crippen LogP contribution >= 0.6 is 24.0 Å². The van der Waals surface area contributed by atoms with Gasteiger partial charge in [0, 0.05) is 5.75 Å². The second-order valence-electron chi connectivity index (χ2n) is 1.28. The fourth-order valence-electron chi connectivity index (χ4n) is 0.375. The Bertz CT molecular complexity index is 121. The van der Waals surface area contributed by atoms with Crippen molar-refractivity contribution in [3.05, 3.63) is 22.4 Å². The molecule has 0 aliphatic heterocycles. The van der Waals surface area contributed by atoms with Crippen LogP contribution in [-0.2, 0) is 5.75 Å². The van der Waals surface area contributed by atoms with E-state index in [0.717, 1.165) is 5.75 Å². The Labute approximate surface area is 52.6 Å². The summed E-state index contributed by atoms with van der Waals surface area (Å²) in [6, 6.07) is 2.05. The van der Waals surface area contributed by atoms with E-state index in [1.807, 2.05) is 5.38 Å². The standard InChI is InChI=1S/C5H5S2/c6-3-5-1-2-7-4-5/h1-2,4H,3H2. The number of hydrogen-bond acceptors (Lipinski definition) is 1. The normalized spacial score (nSPS) is 9.29. The smallest absolute Gasteiger partial charge is 0.0297 e. The first-order valence-corrected chi connectivity index (χ1v) is 3.54. The third kappa shape index (κ3) is 1.21. The van der Waals surface area contributed by atoms with Crippen LogP contribution in [0, 0.1) is 0 Å². The molecule has 0 aromatic carbocycles. The Hall–Kier alpha value is 0.0500. The molecule has 1 rings (SSSR count). The molecule has 2 heteroatoms. The number of rotatable bonds is 1. The molecule has 1 radical (unpaired) electrons. The largest absolute Gasteiger partial charge is 0.152 e. The van der Waals surface area contributed by atoms with E-state index in [4.69, 9.17) is 12.6 Å². The number of thiophene rings is 1. The lowest BCUT2D eigenvalue weighted by molar-refractivity contribution is 1.49. The van der Waals surface area contributed by atoms with E-state index in [9.17, 15) is 0 Å². The van der Waals surface area contributed by atoms with E-state index in [1.165, 1.54) is 5.56 Å². The van der Waals surface area contributed by atoms with Crippen LogP contribution in [0.5, 0.6) is 0 Å². The van der Waals surface area contributed by atoms with Crippen LogP contribution < -0.4 is 0 Å². The van der Waals surface area contributed by atoms with Gasteiger partial charge < -0.3 is 0 Å². The molecule has 0 N–H and O–H groups in total. The van der Waals surface area contributed by atoms with E-state index in [0.29, 0.717) is 0 Å². The first-order valence-electron chi connectivity index (χ1n) is 2.02. The molecule has 0 saturated carbocycles. The average molecular weight is 129 g/mol. The second kappa shape index (κ2) is 2.38. The first-order chi connectivity index (χ1) is 3.43. The lowest BCUT2D eigenvalue weighted by Gasteiger charge is -1.76. The third-order valence-electron chi connectivity index (χ3n) is 0.747. The minimum absolute atomic E-state index is 0.753. The average Bonchev–Trinajstić information content (AvgIpc) is 2.14. The Kier molecular flexibility index (Phi) is 1.77. The van der Waals surface area contributed by atoms with Gasteiger partial charge in [-0.25, -0.2) is 0 Å². The molecule has 7 heavy (non-hydrogen) atoms. The minimum atomic E-state index is 0.753. The maximum Gasteiger partial charge on any atom is 0.0297 e. The molecule has 0 unspecified atom stereocenters. The maximum absolute atomic E-state index is 4.78. The van der Waals surface area contributed by atoms with E-state index in [2.05, 4.69) is 11.4 Å². The van der Waals surface area contributed by atoms with Gasteiger partial charge in [-0.05, 0) is 22.4 Å². The number of hydrogen-bond donors (Lipinski definition) is 0. The van der Waals surface area contributed by atoms with Crippen molar-refractivity contribution in [2.45, 2.75) is 5.75 Å². The summed E-state index contributed by atoms with van der Waals surface area (Å²) in [4.78, 5) is 0. The van der Waals surface area contributed by atoms with Crippen molar-refractivity contribution in [2.24, 2.45) is 0 Å². The highest BCUT2D eigenvalue weighted by Crippen LogP contribution is 2.06. The van der Waals surface area contributed by atoms with Crippen molar-refractivity contribution in [3.8, 4) is 0 Å². The topological polar surface area (TPSA) is 0 Å². The summed E-state index contributed by atoms with van der Waals surface area (Å²) in [5.74, 6) is 0.753. The molecule has 0 atom stereocenters. The maximum atomic E-state index is 4.78. The summed E-state index contributed by atoms with van der Waals surface area (Å²) < 4.78 is 0. The SMILES string of the molecule is [S]Cc1ccsc1. The molecular formula is C5H5S2. The molecule has 0 spiro atoms. The van der Waals surface area contributed by atoms with Gasteiger partial charge in [-0.15, -0.1) is 0 Å². The van der Waals surface area contributed by atoms with Gasteiger partial charge in [-0.3, -0.25) is 0 Å². The van der Waals surface area contributed by atoms with Crippen LogP contribution in [0.3, 0.4) is 0 Å². The molecule has 0 amide bonds. The van der Waals surface area contributed by atoms with E-state index < -0.39 is 0 Å². The van der Waals surface area contributed by atoms with Gasteiger partial charge in [0.2, 0.25) is 0 Å². The summed E-state index contributed by atoms with van der Waals surface area (Å²) in [7, 11) is 0. The second-order valence-corrected chi connectivity index (χ2v) is 2.34.